The van der Waals surface area contributed by atoms with Gasteiger partial charge in [0.05, 0.1) is 13.3 Å². The van der Waals surface area contributed by atoms with E-state index in [4.69, 9.17) is 9.26 Å². The van der Waals surface area contributed by atoms with Crippen molar-refractivity contribution in [2.75, 3.05) is 7.11 Å². The number of pyridine rings is 1. The van der Waals surface area contributed by atoms with E-state index in [2.05, 4.69) is 54.3 Å². The van der Waals surface area contributed by atoms with Gasteiger partial charge in [0.15, 0.2) is 5.76 Å². The number of hydrogen-bond acceptors (Lipinski definition) is 4. The van der Waals surface area contributed by atoms with E-state index in [0.29, 0.717) is 0 Å². The third kappa shape index (κ3) is 3.22. The van der Waals surface area contributed by atoms with Gasteiger partial charge in [0.1, 0.15) is 5.75 Å². The van der Waals surface area contributed by atoms with E-state index in [1.165, 1.54) is 0 Å². The lowest BCUT2D eigenvalue weighted by Gasteiger charge is -2.10. The first kappa shape index (κ1) is 17.0. The van der Waals surface area contributed by atoms with E-state index in [-0.39, 0.29) is 0 Å². The van der Waals surface area contributed by atoms with Gasteiger partial charge in [0.25, 0.3) is 0 Å². The average molecular weight is 356 g/mol. The number of aromatic nitrogens is 2. The van der Waals surface area contributed by atoms with Gasteiger partial charge < -0.3 is 9.26 Å². The zero-order chi connectivity index (χ0) is 18.8. The first-order chi connectivity index (χ1) is 13.2. The second-order valence-electron chi connectivity index (χ2n) is 6.51. The predicted octanol–water partition coefficient (Wildman–Crippen LogP) is 5.70. The van der Waals surface area contributed by atoms with Crippen LogP contribution >= 0.6 is 0 Å². The Morgan fingerprint density at radius 2 is 1.63 bits per heavy atom. The van der Waals surface area contributed by atoms with Crippen molar-refractivity contribution in [1.29, 1.82) is 0 Å². The van der Waals surface area contributed by atoms with Crippen LogP contribution in [0.2, 0.25) is 0 Å². The van der Waals surface area contributed by atoms with E-state index >= 15 is 0 Å². The molecular formula is C23H20N2O2. The summed E-state index contributed by atoms with van der Waals surface area (Å²) in [6.07, 6.45) is 5.40. The quantitative estimate of drug-likeness (QED) is 0.471. The molecule has 4 rings (SSSR count). The molecule has 0 saturated carbocycles. The first-order valence-electron chi connectivity index (χ1n) is 8.78. The Hall–Kier alpha value is -3.40. The number of hydrogen-bond donors (Lipinski definition) is 0. The summed E-state index contributed by atoms with van der Waals surface area (Å²) >= 11 is 0. The molecule has 4 aromatic rings. The molecule has 0 aliphatic carbocycles. The number of ether oxygens (including phenoxy) is 1. The van der Waals surface area contributed by atoms with Crippen LogP contribution in [0.25, 0.3) is 33.6 Å². The van der Waals surface area contributed by atoms with Crippen LogP contribution in [0.15, 0.2) is 71.6 Å². The minimum atomic E-state index is 0.741. The molecule has 4 nitrogen and oxygen atoms in total. The molecule has 0 radical (unpaired) electrons. The van der Waals surface area contributed by atoms with Crippen molar-refractivity contribution in [3.8, 4) is 39.3 Å². The van der Waals surface area contributed by atoms with Gasteiger partial charge in [0.2, 0.25) is 0 Å². The van der Waals surface area contributed by atoms with Crippen LogP contribution in [-0.4, -0.2) is 17.3 Å². The Bertz CT molecular complexity index is 1070. The maximum Gasteiger partial charge on any atom is 0.174 e. The molecule has 0 saturated heterocycles. The average Bonchev–Trinajstić information content (AvgIpc) is 3.20. The van der Waals surface area contributed by atoms with Crippen LogP contribution in [0.3, 0.4) is 0 Å². The smallest absolute Gasteiger partial charge is 0.174 e. The molecule has 134 valence electrons. The SMILES string of the molecule is COc1cc(-c2oncc2-c2ccc(-c3cccnc3)cc2)cc(C)c1C. The van der Waals surface area contributed by atoms with Crippen LogP contribution in [-0.2, 0) is 0 Å². The highest BCUT2D eigenvalue weighted by atomic mass is 16.5. The van der Waals surface area contributed by atoms with Crippen molar-refractivity contribution in [2.24, 2.45) is 0 Å². The minimum Gasteiger partial charge on any atom is -0.496 e. The summed E-state index contributed by atoms with van der Waals surface area (Å²) in [5, 5.41) is 4.04. The van der Waals surface area contributed by atoms with E-state index in [1.54, 1.807) is 19.5 Å². The van der Waals surface area contributed by atoms with Crippen molar-refractivity contribution in [2.45, 2.75) is 13.8 Å². The van der Waals surface area contributed by atoms with Crippen molar-refractivity contribution in [3.63, 3.8) is 0 Å². The number of nitrogens with zero attached hydrogens (tertiary/aromatic N) is 2. The Kier molecular flexibility index (Phi) is 4.47. The number of benzene rings is 2. The molecule has 0 aliphatic heterocycles. The number of rotatable bonds is 4. The molecule has 0 fully saturated rings. The summed E-state index contributed by atoms with van der Waals surface area (Å²) in [6.45, 7) is 4.12. The Balaban J connectivity index is 1.74. The molecule has 4 heteroatoms. The summed E-state index contributed by atoms with van der Waals surface area (Å²) in [5.74, 6) is 1.59. The number of aryl methyl sites for hydroxylation is 1. The van der Waals surface area contributed by atoms with Gasteiger partial charge >= 0.3 is 0 Å². The zero-order valence-corrected chi connectivity index (χ0v) is 15.6. The predicted molar refractivity (Wildman–Crippen MR) is 107 cm³/mol. The Morgan fingerprint density at radius 1 is 0.852 bits per heavy atom. The van der Waals surface area contributed by atoms with Gasteiger partial charge in [-0.05, 0) is 59.9 Å². The highest BCUT2D eigenvalue weighted by Gasteiger charge is 2.15. The van der Waals surface area contributed by atoms with Gasteiger partial charge in [-0.15, -0.1) is 0 Å². The van der Waals surface area contributed by atoms with Crippen molar-refractivity contribution < 1.29 is 9.26 Å². The second kappa shape index (κ2) is 7.08. The normalized spacial score (nSPS) is 10.8. The molecule has 0 spiro atoms. The summed E-state index contributed by atoms with van der Waals surface area (Å²) < 4.78 is 11.1. The third-order valence-corrected chi connectivity index (χ3v) is 4.86. The zero-order valence-electron chi connectivity index (χ0n) is 15.6. The standard InChI is InChI=1S/C23H20N2O2/c1-15-11-20(12-22(26-3)16(15)2)23-21(14-25-27-23)18-8-6-17(7-9-18)19-5-4-10-24-13-19/h4-14H,1-3H3. The van der Waals surface area contributed by atoms with Crippen molar-refractivity contribution in [1.82, 2.24) is 10.1 Å². The summed E-state index contributed by atoms with van der Waals surface area (Å²) in [7, 11) is 1.68. The Labute approximate surface area is 158 Å². The van der Waals surface area contributed by atoms with E-state index in [0.717, 1.165) is 50.5 Å². The molecule has 0 aliphatic rings. The van der Waals surface area contributed by atoms with Crippen LogP contribution in [0.1, 0.15) is 11.1 Å². The molecule has 0 unspecified atom stereocenters. The van der Waals surface area contributed by atoms with Gasteiger partial charge in [-0.1, -0.05) is 35.5 Å². The van der Waals surface area contributed by atoms with Gasteiger partial charge in [-0.3, -0.25) is 4.98 Å². The molecule has 27 heavy (non-hydrogen) atoms. The maximum absolute atomic E-state index is 5.60. The van der Waals surface area contributed by atoms with E-state index in [9.17, 15) is 0 Å². The molecule has 0 amide bonds. The van der Waals surface area contributed by atoms with Crippen LogP contribution in [0.5, 0.6) is 5.75 Å². The number of methoxy groups -OCH3 is 1. The van der Waals surface area contributed by atoms with Crippen LogP contribution in [0.4, 0.5) is 0 Å². The fourth-order valence-corrected chi connectivity index (χ4v) is 3.20. The molecule has 2 aromatic carbocycles. The topological polar surface area (TPSA) is 48.2 Å². The first-order valence-corrected chi connectivity index (χ1v) is 8.78. The Morgan fingerprint density at radius 3 is 2.33 bits per heavy atom. The molecule has 2 aromatic heterocycles. The van der Waals surface area contributed by atoms with Crippen LogP contribution in [0, 0.1) is 13.8 Å². The second-order valence-corrected chi connectivity index (χ2v) is 6.51. The molecule has 2 heterocycles. The lowest BCUT2D eigenvalue weighted by Crippen LogP contribution is -1.92. The van der Waals surface area contributed by atoms with Gasteiger partial charge in [0, 0.05) is 23.5 Å². The van der Waals surface area contributed by atoms with E-state index in [1.807, 2.05) is 24.4 Å². The molecule has 0 N–H and O–H groups in total. The summed E-state index contributed by atoms with van der Waals surface area (Å²) in [6, 6.07) is 16.4. The molecule has 0 atom stereocenters. The van der Waals surface area contributed by atoms with E-state index < -0.39 is 0 Å². The largest absolute Gasteiger partial charge is 0.496 e. The molecule has 0 bridgehead atoms. The van der Waals surface area contributed by atoms with Crippen molar-refractivity contribution in [3.05, 3.63) is 78.2 Å². The lowest BCUT2D eigenvalue weighted by molar-refractivity contribution is 0.410. The summed E-state index contributed by atoms with van der Waals surface area (Å²) in [5.41, 5.74) is 7.46. The monoisotopic (exact) mass is 356 g/mol. The van der Waals surface area contributed by atoms with Gasteiger partial charge in [-0.25, -0.2) is 0 Å². The lowest BCUT2D eigenvalue weighted by atomic mass is 9.97. The highest BCUT2D eigenvalue weighted by Crippen LogP contribution is 2.36. The third-order valence-electron chi connectivity index (χ3n) is 4.86. The maximum atomic E-state index is 5.60. The fraction of sp³-hybridized carbons (Fsp3) is 0.130. The highest BCUT2D eigenvalue weighted by molar-refractivity contribution is 5.81. The van der Waals surface area contributed by atoms with Crippen molar-refractivity contribution >= 4 is 0 Å². The molecular weight excluding hydrogens is 336 g/mol. The van der Waals surface area contributed by atoms with Crippen LogP contribution < -0.4 is 4.74 Å². The van der Waals surface area contributed by atoms with Gasteiger partial charge in [-0.2, -0.15) is 0 Å². The fourth-order valence-electron chi connectivity index (χ4n) is 3.20. The minimum absolute atomic E-state index is 0.741. The summed E-state index contributed by atoms with van der Waals surface area (Å²) in [4.78, 5) is 4.18.